The Labute approximate surface area is 153 Å². The summed E-state index contributed by atoms with van der Waals surface area (Å²) in [7, 11) is 0. The van der Waals surface area contributed by atoms with Gasteiger partial charge in [-0.2, -0.15) is 0 Å². The molecular weight excluding hydrogens is 330 g/mol. The van der Waals surface area contributed by atoms with Crippen LogP contribution in [0.2, 0.25) is 0 Å². The zero-order chi connectivity index (χ0) is 18.1. The normalized spacial score (nSPS) is 14.3. The highest BCUT2D eigenvalue weighted by Gasteiger charge is 2.24. The van der Waals surface area contributed by atoms with Crippen molar-refractivity contribution >= 4 is 29.1 Å². The quantitative estimate of drug-likeness (QED) is 0.596. The van der Waals surface area contributed by atoms with E-state index in [9.17, 15) is 9.59 Å². The van der Waals surface area contributed by atoms with Gasteiger partial charge in [-0.25, -0.2) is 0 Å². The molecule has 1 heterocycles. The minimum absolute atomic E-state index is 0.0524. The molecule has 0 saturated heterocycles. The van der Waals surface area contributed by atoms with Crippen LogP contribution >= 0.6 is 11.8 Å². The highest BCUT2D eigenvalue weighted by molar-refractivity contribution is 8.00. The second-order valence-corrected chi connectivity index (χ2v) is 8.04. The van der Waals surface area contributed by atoms with Crippen molar-refractivity contribution in [2.24, 2.45) is 0 Å². The molecule has 3 rings (SSSR count). The first-order valence-electron chi connectivity index (χ1n) is 8.56. The Morgan fingerprint density at radius 1 is 1.12 bits per heavy atom. The maximum Gasteiger partial charge on any atom is 0.223 e. The molecule has 2 aromatic rings. The first-order valence-corrected chi connectivity index (χ1v) is 9.44. The van der Waals surface area contributed by atoms with E-state index in [0.717, 1.165) is 28.1 Å². The van der Waals surface area contributed by atoms with Crippen LogP contribution in [0.15, 0.2) is 41.3 Å². The number of carbonyl (C=O) groups is 2. The Balaban J connectivity index is 1.78. The summed E-state index contributed by atoms with van der Waals surface area (Å²) >= 11 is 1.61. The summed E-state index contributed by atoms with van der Waals surface area (Å²) in [5, 5.41) is -0.148. The molecule has 2 aromatic carbocycles. The average Bonchev–Trinajstić information content (AvgIpc) is 3.00. The lowest BCUT2D eigenvalue weighted by Crippen LogP contribution is -2.25. The molecule has 3 nitrogen and oxygen atoms in total. The van der Waals surface area contributed by atoms with Crippen molar-refractivity contribution in [3.63, 3.8) is 0 Å². The van der Waals surface area contributed by atoms with E-state index >= 15 is 0 Å². The molecular formula is C21H23NO2S. The fraction of sp³-hybridized carbons (Fsp3) is 0.333. The summed E-state index contributed by atoms with van der Waals surface area (Å²) in [6.45, 7) is 8.40. The highest BCUT2D eigenvalue weighted by Crippen LogP contribution is 2.32. The van der Waals surface area contributed by atoms with Crippen LogP contribution < -0.4 is 4.90 Å². The zero-order valence-corrected chi connectivity index (χ0v) is 15.9. The molecule has 0 aliphatic carbocycles. The summed E-state index contributed by atoms with van der Waals surface area (Å²) in [4.78, 5) is 27.4. The molecule has 1 atom stereocenters. The van der Waals surface area contributed by atoms with Crippen molar-refractivity contribution in [3.05, 3.63) is 58.7 Å². The van der Waals surface area contributed by atoms with E-state index in [1.165, 1.54) is 11.1 Å². The van der Waals surface area contributed by atoms with E-state index in [-0.39, 0.29) is 16.9 Å². The zero-order valence-electron chi connectivity index (χ0n) is 15.1. The summed E-state index contributed by atoms with van der Waals surface area (Å²) in [6, 6.07) is 12.0. The van der Waals surface area contributed by atoms with Gasteiger partial charge in [-0.3, -0.25) is 9.59 Å². The highest BCUT2D eigenvalue weighted by atomic mass is 32.2. The predicted molar refractivity (Wildman–Crippen MR) is 104 cm³/mol. The Morgan fingerprint density at radius 3 is 2.56 bits per heavy atom. The fourth-order valence-electron chi connectivity index (χ4n) is 3.29. The molecule has 130 valence electrons. The Hall–Kier alpha value is -2.07. The monoisotopic (exact) mass is 353 g/mol. The third-order valence-corrected chi connectivity index (χ3v) is 5.92. The van der Waals surface area contributed by atoms with Crippen LogP contribution in [0, 0.1) is 13.8 Å². The minimum Gasteiger partial charge on any atom is -0.312 e. The lowest BCUT2D eigenvalue weighted by atomic mass is 10.0. The number of carbonyl (C=O) groups excluding carboxylic acids is 2. The molecule has 0 unspecified atom stereocenters. The van der Waals surface area contributed by atoms with Gasteiger partial charge in [0.1, 0.15) is 0 Å². The number of Topliss-reactive ketones (excluding diaryl/α,β-unsaturated/α-hetero) is 1. The summed E-state index contributed by atoms with van der Waals surface area (Å²) in [6.07, 6.45) is 0.814. The second-order valence-electron chi connectivity index (χ2n) is 6.66. The molecule has 0 saturated carbocycles. The van der Waals surface area contributed by atoms with Crippen LogP contribution in [0.1, 0.15) is 40.9 Å². The molecule has 0 N–H and O–H groups in total. The van der Waals surface area contributed by atoms with E-state index < -0.39 is 0 Å². The van der Waals surface area contributed by atoms with Gasteiger partial charge < -0.3 is 4.90 Å². The van der Waals surface area contributed by atoms with Crippen molar-refractivity contribution in [2.75, 3.05) is 11.4 Å². The number of hydrogen-bond donors (Lipinski definition) is 0. The first kappa shape index (κ1) is 17.7. The van der Waals surface area contributed by atoms with Crippen LogP contribution in [-0.2, 0) is 11.2 Å². The predicted octanol–water partition coefficient (Wildman–Crippen LogP) is 4.58. The number of fused-ring (bicyclic) bond motifs is 1. The maximum absolute atomic E-state index is 12.8. The van der Waals surface area contributed by atoms with Crippen molar-refractivity contribution in [1.29, 1.82) is 0 Å². The lowest BCUT2D eigenvalue weighted by molar-refractivity contribution is -0.116. The van der Waals surface area contributed by atoms with Crippen LogP contribution in [0.3, 0.4) is 0 Å². The van der Waals surface area contributed by atoms with Crippen LogP contribution in [-0.4, -0.2) is 23.5 Å². The van der Waals surface area contributed by atoms with Gasteiger partial charge in [-0.05, 0) is 62.6 Å². The van der Waals surface area contributed by atoms with Crippen molar-refractivity contribution in [1.82, 2.24) is 0 Å². The van der Waals surface area contributed by atoms with E-state index in [0.29, 0.717) is 6.54 Å². The molecule has 1 amide bonds. The van der Waals surface area contributed by atoms with Gasteiger partial charge in [-0.15, -0.1) is 11.8 Å². The number of rotatable bonds is 4. The molecule has 0 radical (unpaired) electrons. The molecule has 1 aliphatic rings. The van der Waals surface area contributed by atoms with Gasteiger partial charge in [0.25, 0.3) is 0 Å². The van der Waals surface area contributed by atoms with Gasteiger partial charge in [0.05, 0.1) is 5.25 Å². The molecule has 4 heteroatoms. The largest absolute Gasteiger partial charge is 0.312 e. The van der Waals surface area contributed by atoms with Crippen molar-refractivity contribution < 1.29 is 9.59 Å². The topological polar surface area (TPSA) is 37.4 Å². The smallest absolute Gasteiger partial charge is 0.223 e. The van der Waals surface area contributed by atoms with Crippen LogP contribution in [0.25, 0.3) is 0 Å². The first-order chi connectivity index (χ1) is 11.9. The van der Waals surface area contributed by atoms with E-state index in [4.69, 9.17) is 0 Å². The van der Waals surface area contributed by atoms with Gasteiger partial charge in [0, 0.05) is 29.6 Å². The second kappa shape index (κ2) is 7.04. The van der Waals surface area contributed by atoms with Crippen LogP contribution in [0.5, 0.6) is 0 Å². The maximum atomic E-state index is 12.8. The SMILES string of the molecule is CC(=O)N1CCc2cc(C(=O)[C@@H](C)Sc3ccc(C)cc3C)ccc21. The summed E-state index contributed by atoms with van der Waals surface area (Å²) < 4.78 is 0. The number of thioether (sulfide) groups is 1. The van der Waals surface area contributed by atoms with Crippen molar-refractivity contribution in [3.8, 4) is 0 Å². The number of nitrogens with zero attached hydrogens (tertiary/aromatic N) is 1. The Kier molecular flexibility index (Phi) is 5.00. The standard InChI is InChI=1S/C21H23NO2S/c1-13-5-8-20(14(2)11-13)25-15(3)21(24)18-6-7-19-17(12-18)9-10-22(19)16(4)23/h5-8,11-12,15H,9-10H2,1-4H3/t15-/m1/s1. The molecule has 0 fully saturated rings. The number of benzene rings is 2. The van der Waals surface area contributed by atoms with E-state index in [1.807, 2.05) is 25.1 Å². The van der Waals surface area contributed by atoms with E-state index in [2.05, 4.69) is 32.0 Å². The Bertz CT molecular complexity index is 844. The van der Waals surface area contributed by atoms with Gasteiger partial charge in [-0.1, -0.05) is 17.7 Å². The number of aryl methyl sites for hydroxylation is 2. The summed E-state index contributed by atoms with van der Waals surface area (Å²) in [5.41, 5.74) is 5.20. The molecule has 0 aromatic heterocycles. The minimum atomic E-state index is -0.148. The summed E-state index contributed by atoms with van der Waals surface area (Å²) in [5.74, 6) is 0.186. The Morgan fingerprint density at radius 2 is 1.88 bits per heavy atom. The van der Waals surface area contributed by atoms with Crippen LogP contribution in [0.4, 0.5) is 5.69 Å². The number of anilines is 1. The van der Waals surface area contributed by atoms with Gasteiger partial charge in [0.2, 0.25) is 5.91 Å². The third-order valence-electron chi connectivity index (χ3n) is 4.64. The molecule has 0 bridgehead atoms. The third kappa shape index (κ3) is 3.64. The molecule has 25 heavy (non-hydrogen) atoms. The number of ketones is 1. The van der Waals surface area contributed by atoms with Crippen molar-refractivity contribution in [2.45, 2.75) is 44.3 Å². The molecule has 0 spiro atoms. The number of amides is 1. The van der Waals surface area contributed by atoms with Gasteiger partial charge in [0.15, 0.2) is 5.78 Å². The average molecular weight is 353 g/mol. The van der Waals surface area contributed by atoms with Gasteiger partial charge >= 0.3 is 0 Å². The van der Waals surface area contributed by atoms with E-state index in [1.54, 1.807) is 23.6 Å². The molecule has 1 aliphatic heterocycles. The lowest BCUT2D eigenvalue weighted by Gasteiger charge is -2.16. The number of hydrogen-bond acceptors (Lipinski definition) is 3. The fourth-order valence-corrected chi connectivity index (χ4v) is 4.31.